The lowest BCUT2D eigenvalue weighted by Crippen LogP contribution is -2.19. The Kier molecular flexibility index (Phi) is 3.66. The highest BCUT2D eigenvalue weighted by atomic mass is 35.5. The normalized spacial score (nSPS) is 17.6. The number of anilines is 1. The van der Waals surface area contributed by atoms with Crippen molar-refractivity contribution < 1.29 is 13.2 Å². The van der Waals surface area contributed by atoms with Crippen LogP contribution in [0, 0.1) is 5.92 Å². The Morgan fingerprint density at radius 2 is 2.11 bits per heavy atom. The van der Waals surface area contributed by atoms with E-state index in [-0.39, 0.29) is 17.0 Å². The number of nitrogens with zero attached hydrogens (tertiary/aromatic N) is 2. The summed E-state index contributed by atoms with van der Waals surface area (Å²) in [5.41, 5.74) is 0. The predicted molar refractivity (Wildman–Crippen MR) is 62.5 cm³/mol. The molecule has 0 amide bonds. The van der Waals surface area contributed by atoms with Crippen LogP contribution in [0.2, 0.25) is 5.15 Å². The van der Waals surface area contributed by atoms with E-state index in [1.165, 1.54) is 18.9 Å². The van der Waals surface area contributed by atoms with Gasteiger partial charge in [-0.2, -0.15) is 13.2 Å². The van der Waals surface area contributed by atoms with E-state index >= 15 is 0 Å². The fourth-order valence-corrected chi connectivity index (χ4v) is 1.97. The molecule has 1 aliphatic carbocycles. The van der Waals surface area contributed by atoms with E-state index in [0.29, 0.717) is 5.92 Å². The first-order valence-corrected chi connectivity index (χ1v) is 6.10. The van der Waals surface area contributed by atoms with Crippen molar-refractivity contribution in [2.75, 3.05) is 5.32 Å². The molecule has 1 unspecified atom stereocenters. The van der Waals surface area contributed by atoms with Crippen LogP contribution in [0.3, 0.4) is 0 Å². The van der Waals surface area contributed by atoms with E-state index in [9.17, 15) is 13.2 Å². The summed E-state index contributed by atoms with van der Waals surface area (Å²) in [6.07, 6.45) is -1.25. The van der Waals surface area contributed by atoms with Crippen LogP contribution in [0.1, 0.15) is 32.0 Å². The molecule has 1 aliphatic rings. The van der Waals surface area contributed by atoms with Gasteiger partial charge in [0.1, 0.15) is 11.0 Å². The summed E-state index contributed by atoms with van der Waals surface area (Å²) in [6.45, 7) is 1.92. The number of hydrogen-bond acceptors (Lipinski definition) is 3. The molecule has 0 radical (unpaired) electrons. The minimum Gasteiger partial charge on any atom is -0.367 e. The third-order valence-corrected chi connectivity index (χ3v) is 2.92. The van der Waals surface area contributed by atoms with Gasteiger partial charge in [-0.3, -0.25) is 0 Å². The van der Waals surface area contributed by atoms with Gasteiger partial charge in [0.25, 0.3) is 0 Å². The fraction of sp³-hybridized carbons (Fsp3) is 0.636. The van der Waals surface area contributed by atoms with Crippen LogP contribution in [0.5, 0.6) is 0 Å². The molecular weight excluding hydrogens is 267 g/mol. The van der Waals surface area contributed by atoms with Crippen molar-refractivity contribution >= 4 is 17.4 Å². The first kappa shape index (κ1) is 13.4. The zero-order valence-corrected chi connectivity index (χ0v) is 10.5. The van der Waals surface area contributed by atoms with Crippen LogP contribution in [0.4, 0.5) is 19.0 Å². The zero-order chi connectivity index (χ0) is 13.3. The first-order valence-electron chi connectivity index (χ1n) is 5.73. The molecule has 1 fully saturated rings. The van der Waals surface area contributed by atoms with Crippen molar-refractivity contribution in [3.63, 3.8) is 0 Å². The predicted octanol–water partition coefficient (Wildman–Crippen LogP) is 3.75. The number of hydrogen-bond donors (Lipinski definition) is 1. The molecule has 0 aromatic carbocycles. The highest BCUT2D eigenvalue weighted by Crippen LogP contribution is 2.34. The van der Waals surface area contributed by atoms with E-state index in [0.717, 1.165) is 6.42 Å². The number of halogens is 4. The van der Waals surface area contributed by atoms with Gasteiger partial charge in [0, 0.05) is 12.1 Å². The summed E-state index contributed by atoms with van der Waals surface area (Å²) in [4.78, 5) is 6.62. The molecule has 1 heterocycles. The van der Waals surface area contributed by atoms with Gasteiger partial charge >= 0.3 is 6.18 Å². The summed E-state index contributed by atoms with van der Waals surface area (Å²) in [6, 6.07) is 1.38. The number of alkyl halides is 3. The first-order chi connectivity index (χ1) is 8.34. The van der Waals surface area contributed by atoms with Crippen LogP contribution in [0.15, 0.2) is 6.07 Å². The largest absolute Gasteiger partial charge is 0.451 e. The van der Waals surface area contributed by atoms with E-state index in [4.69, 9.17) is 11.6 Å². The molecule has 18 heavy (non-hydrogen) atoms. The monoisotopic (exact) mass is 279 g/mol. The van der Waals surface area contributed by atoms with E-state index in [1.807, 2.05) is 6.92 Å². The third kappa shape index (κ3) is 3.73. The Hall–Kier alpha value is -1.04. The quantitative estimate of drug-likeness (QED) is 0.853. The summed E-state index contributed by atoms with van der Waals surface area (Å²) in [7, 11) is 0. The molecule has 1 aromatic rings. The molecule has 3 nitrogen and oxygen atoms in total. The van der Waals surface area contributed by atoms with Gasteiger partial charge in [-0.15, -0.1) is 0 Å². The number of aromatic nitrogens is 2. The lowest BCUT2D eigenvalue weighted by atomic mass is 10.1. The Morgan fingerprint density at radius 1 is 1.44 bits per heavy atom. The molecule has 0 spiro atoms. The molecule has 1 saturated carbocycles. The summed E-state index contributed by atoms with van der Waals surface area (Å²) in [5.74, 6) is -0.404. The van der Waals surface area contributed by atoms with Gasteiger partial charge in [0.15, 0.2) is 0 Å². The number of rotatable bonds is 4. The smallest absolute Gasteiger partial charge is 0.367 e. The van der Waals surface area contributed by atoms with E-state index < -0.39 is 12.0 Å². The second-order valence-corrected chi connectivity index (χ2v) is 5.01. The molecule has 100 valence electrons. The molecule has 1 atom stereocenters. The maximum Gasteiger partial charge on any atom is 0.451 e. The number of nitrogens with one attached hydrogen (secondary N) is 1. The van der Waals surface area contributed by atoms with Crippen molar-refractivity contribution in [2.24, 2.45) is 5.92 Å². The van der Waals surface area contributed by atoms with Gasteiger partial charge < -0.3 is 5.32 Å². The van der Waals surface area contributed by atoms with Gasteiger partial charge in [-0.05, 0) is 19.3 Å². The lowest BCUT2D eigenvalue weighted by Gasteiger charge is -2.15. The van der Waals surface area contributed by atoms with E-state index in [1.54, 1.807) is 0 Å². The van der Waals surface area contributed by atoms with Crippen LogP contribution >= 0.6 is 11.6 Å². The summed E-state index contributed by atoms with van der Waals surface area (Å²) < 4.78 is 37.5. The average Bonchev–Trinajstić information content (AvgIpc) is 2.98. The van der Waals surface area contributed by atoms with Crippen molar-refractivity contribution in [3.8, 4) is 0 Å². The second kappa shape index (κ2) is 4.91. The molecule has 2 rings (SSSR count). The van der Waals surface area contributed by atoms with Gasteiger partial charge in [0.2, 0.25) is 5.82 Å². The van der Waals surface area contributed by atoms with Gasteiger partial charge in [0.05, 0.1) is 0 Å². The maximum atomic E-state index is 12.5. The Balaban J connectivity index is 2.09. The Bertz CT molecular complexity index is 432. The van der Waals surface area contributed by atoms with Crippen LogP contribution < -0.4 is 5.32 Å². The van der Waals surface area contributed by atoms with Crippen molar-refractivity contribution in [1.82, 2.24) is 9.97 Å². The minimum absolute atomic E-state index is 0.0737. The zero-order valence-electron chi connectivity index (χ0n) is 9.76. The summed E-state index contributed by atoms with van der Waals surface area (Å²) >= 11 is 5.57. The Labute approximate surface area is 108 Å². The average molecular weight is 280 g/mol. The lowest BCUT2D eigenvalue weighted by molar-refractivity contribution is -0.144. The van der Waals surface area contributed by atoms with Crippen molar-refractivity contribution in [2.45, 2.75) is 38.4 Å². The second-order valence-electron chi connectivity index (χ2n) is 4.62. The van der Waals surface area contributed by atoms with Gasteiger partial charge in [-0.25, -0.2) is 9.97 Å². The maximum absolute atomic E-state index is 12.5. The molecule has 1 aromatic heterocycles. The highest BCUT2D eigenvalue weighted by Gasteiger charge is 2.35. The standard InChI is InChI=1S/C11H13ClF3N3/c1-6(4-7-2-3-7)16-9-5-8(12)17-10(18-9)11(13,14)15/h5-7H,2-4H2,1H3,(H,16,17,18). The topological polar surface area (TPSA) is 37.8 Å². The molecule has 1 N–H and O–H groups in total. The molecule has 0 aliphatic heterocycles. The van der Waals surface area contributed by atoms with Crippen LogP contribution in [-0.4, -0.2) is 16.0 Å². The summed E-state index contributed by atoms with van der Waals surface area (Å²) in [5, 5.41) is 2.72. The fourth-order valence-electron chi connectivity index (χ4n) is 1.78. The minimum atomic E-state index is -4.58. The van der Waals surface area contributed by atoms with Crippen molar-refractivity contribution in [3.05, 3.63) is 17.0 Å². The SMILES string of the molecule is CC(CC1CC1)Nc1cc(Cl)nc(C(F)(F)F)n1. The highest BCUT2D eigenvalue weighted by molar-refractivity contribution is 6.29. The van der Waals surface area contributed by atoms with E-state index in [2.05, 4.69) is 15.3 Å². The molecular formula is C11H13ClF3N3. The van der Waals surface area contributed by atoms with Gasteiger partial charge in [-0.1, -0.05) is 24.4 Å². The molecule has 0 saturated heterocycles. The van der Waals surface area contributed by atoms with Crippen molar-refractivity contribution in [1.29, 1.82) is 0 Å². The third-order valence-electron chi connectivity index (χ3n) is 2.73. The van der Waals surface area contributed by atoms with Crippen LogP contribution in [-0.2, 0) is 6.18 Å². The Morgan fingerprint density at radius 3 is 2.67 bits per heavy atom. The van der Waals surface area contributed by atoms with Crippen LogP contribution in [0.25, 0.3) is 0 Å². The molecule has 7 heteroatoms. The molecule has 0 bridgehead atoms.